The number of rotatable bonds is 11. The standard InChI is InChI=1S/C18H18O4S4/c1-3-23-17(11-13(19)15-7-5-9-21-15)25-26-18(24-4-2)12-14(20)16-8-6-10-22-16/h5-12H,3-4H2,1-2H3/b17-11-,18-12-. The predicted molar refractivity (Wildman–Crippen MR) is 114 cm³/mol. The van der Waals surface area contributed by atoms with Crippen LogP contribution in [0.3, 0.4) is 0 Å². The second-order valence-corrected chi connectivity index (χ2v) is 9.98. The average Bonchev–Trinajstić information content (AvgIpc) is 3.33. The molecule has 8 heteroatoms. The van der Waals surface area contributed by atoms with Crippen LogP contribution in [0, 0.1) is 0 Å². The van der Waals surface area contributed by atoms with E-state index in [0.29, 0.717) is 11.5 Å². The summed E-state index contributed by atoms with van der Waals surface area (Å²) in [6, 6.07) is 6.67. The molecule has 138 valence electrons. The predicted octanol–water partition coefficient (Wildman–Crippen LogP) is 6.51. The number of allylic oxidation sites excluding steroid dienone is 2. The van der Waals surface area contributed by atoms with Crippen molar-refractivity contribution in [2.45, 2.75) is 13.8 Å². The van der Waals surface area contributed by atoms with Gasteiger partial charge in [0, 0.05) is 12.2 Å². The van der Waals surface area contributed by atoms with Crippen molar-refractivity contribution in [1.29, 1.82) is 0 Å². The second kappa shape index (κ2) is 11.5. The Labute approximate surface area is 169 Å². The summed E-state index contributed by atoms with van der Waals surface area (Å²) in [6.07, 6.45) is 6.11. The maximum atomic E-state index is 12.2. The number of carbonyl (C=O) groups is 2. The molecule has 0 aliphatic heterocycles. The molecule has 2 rings (SSSR count). The quantitative estimate of drug-likeness (QED) is 0.229. The number of hydrogen-bond acceptors (Lipinski definition) is 8. The molecule has 2 aromatic heterocycles. The smallest absolute Gasteiger partial charge is 0.222 e. The van der Waals surface area contributed by atoms with Gasteiger partial charge in [0.25, 0.3) is 0 Å². The van der Waals surface area contributed by atoms with E-state index in [1.807, 2.05) is 13.8 Å². The summed E-state index contributed by atoms with van der Waals surface area (Å²) in [5.74, 6) is 1.98. The molecule has 2 aromatic rings. The highest BCUT2D eigenvalue weighted by Crippen LogP contribution is 2.45. The molecule has 0 atom stereocenters. The van der Waals surface area contributed by atoms with E-state index in [4.69, 9.17) is 8.83 Å². The Hall–Kier alpha value is -1.22. The Kier molecular flexibility index (Phi) is 9.31. The Balaban J connectivity index is 2.06. The minimum Gasteiger partial charge on any atom is -0.461 e. The van der Waals surface area contributed by atoms with E-state index in [2.05, 4.69) is 0 Å². The van der Waals surface area contributed by atoms with Crippen LogP contribution in [0.2, 0.25) is 0 Å². The third kappa shape index (κ3) is 6.83. The molecule has 0 aromatic carbocycles. The molecule has 0 bridgehead atoms. The van der Waals surface area contributed by atoms with Crippen molar-refractivity contribution >= 4 is 56.7 Å². The lowest BCUT2D eigenvalue weighted by Crippen LogP contribution is -1.93. The van der Waals surface area contributed by atoms with Crippen LogP contribution < -0.4 is 0 Å². The third-order valence-corrected chi connectivity index (χ3v) is 8.00. The Morgan fingerprint density at radius 3 is 1.58 bits per heavy atom. The first kappa shape index (κ1) is 21.1. The normalized spacial score (nSPS) is 12.4. The lowest BCUT2D eigenvalue weighted by atomic mass is 10.3. The van der Waals surface area contributed by atoms with Crippen LogP contribution in [0.4, 0.5) is 0 Å². The van der Waals surface area contributed by atoms with Crippen LogP contribution in [-0.4, -0.2) is 23.1 Å². The minimum absolute atomic E-state index is 0.167. The molecule has 0 spiro atoms. The molecule has 0 saturated carbocycles. The Bertz CT molecular complexity index is 695. The Morgan fingerprint density at radius 1 is 0.846 bits per heavy atom. The number of ketones is 2. The highest BCUT2D eigenvalue weighted by Gasteiger charge is 2.12. The van der Waals surface area contributed by atoms with Crippen molar-refractivity contribution in [3.63, 3.8) is 0 Å². The zero-order valence-electron chi connectivity index (χ0n) is 14.3. The fourth-order valence-corrected chi connectivity index (χ4v) is 6.52. The number of thioether (sulfide) groups is 2. The molecule has 2 heterocycles. The zero-order valence-corrected chi connectivity index (χ0v) is 17.6. The maximum absolute atomic E-state index is 12.2. The van der Waals surface area contributed by atoms with Crippen molar-refractivity contribution in [2.24, 2.45) is 0 Å². The van der Waals surface area contributed by atoms with Crippen molar-refractivity contribution in [3.05, 3.63) is 68.9 Å². The fourth-order valence-electron chi connectivity index (χ4n) is 1.74. The molecule has 0 radical (unpaired) electrons. The van der Waals surface area contributed by atoms with E-state index in [0.717, 1.165) is 20.0 Å². The second-order valence-electron chi connectivity index (χ2n) is 4.64. The van der Waals surface area contributed by atoms with Crippen LogP contribution in [0.1, 0.15) is 35.0 Å². The molecular formula is C18H18O4S4. The topological polar surface area (TPSA) is 60.4 Å². The summed E-state index contributed by atoms with van der Waals surface area (Å²) in [4.78, 5) is 24.4. The SMILES string of the molecule is CCS/C(=C/C(=O)c1ccco1)SS/C(=C\C(=O)c1ccco1)SCC. The van der Waals surface area contributed by atoms with Gasteiger partial charge in [-0.1, -0.05) is 13.8 Å². The van der Waals surface area contributed by atoms with Crippen molar-refractivity contribution in [3.8, 4) is 0 Å². The van der Waals surface area contributed by atoms with Gasteiger partial charge in [0.2, 0.25) is 11.6 Å². The molecule has 0 N–H and O–H groups in total. The van der Waals surface area contributed by atoms with Crippen LogP contribution >= 0.6 is 45.1 Å². The van der Waals surface area contributed by atoms with Gasteiger partial charge in [0.05, 0.1) is 21.0 Å². The lowest BCUT2D eigenvalue weighted by molar-refractivity contribution is 0.101. The summed E-state index contributed by atoms with van der Waals surface area (Å²) in [6.45, 7) is 4.05. The first-order chi connectivity index (χ1) is 12.6. The van der Waals surface area contributed by atoms with Crippen LogP contribution in [0.25, 0.3) is 0 Å². The summed E-state index contributed by atoms with van der Waals surface area (Å²) in [7, 11) is 2.93. The lowest BCUT2D eigenvalue weighted by Gasteiger charge is -2.07. The molecule has 26 heavy (non-hydrogen) atoms. The minimum atomic E-state index is -0.167. The van der Waals surface area contributed by atoms with Crippen LogP contribution in [0.5, 0.6) is 0 Å². The van der Waals surface area contributed by atoms with E-state index >= 15 is 0 Å². The fraction of sp³-hybridized carbons (Fsp3) is 0.222. The van der Waals surface area contributed by atoms with Crippen molar-refractivity contribution < 1.29 is 18.4 Å². The van der Waals surface area contributed by atoms with Gasteiger partial charge in [0.1, 0.15) is 0 Å². The third-order valence-electron chi connectivity index (χ3n) is 2.81. The molecule has 0 saturated heterocycles. The summed E-state index contributed by atoms with van der Waals surface area (Å²) >= 11 is 3.16. The highest BCUT2D eigenvalue weighted by molar-refractivity contribution is 8.83. The van der Waals surface area contributed by atoms with Crippen molar-refractivity contribution in [1.82, 2.24) is 0 Å². The highest BCUT2D eigenvalue weighted by atomic mass is 33.1. The maximum Gasteiger partial charge on any atom is 0.222 e. The molecule has 0 aliphatic carbocycles. The van der Waals surface area contributed by atoms with Gasteiger partial charge in [-0.05, 0) is 57.4 Å². The van der Waals surface area contributed by atoms with E-state index in [9.17, 15) is 9.59 Å². The van der Waals surface area contributed by atoms with Gasteiger partial charge in [-0.15, -0.1) is 23.5 Å². The van der Waals surface area contributed by atoms with Crippen molar-refractivity contribution in [2.75, 3.05) is 11.5 Å². The first-order valence-electron chi connectivity index (χ1n) is 7.83. The molecule has 4 nitrogen and oxygen atoms in total. The van der Waals surface area contributed by atoms with E-state index in [-0.39, 0.29) is 11.6 Å². The van der Waals surface area contributed by atoms with Crippen LogP contribution in [-0.2, 0) is 0 Å². The summed E-state index contributed by atoms with van der Waals surface area (Å²) < 4.78 is 12.0. The number of furan rings is 2. The van der Waals surface area contributed by atoms with Gasteiger partial charge < -0.3 is 8.83 Å². The zero-order chi connectivity index (χ0) is 18.8. The van der Waals surface area contributed by atoms with E-state index < -0.39 is 0 Å². The first-order valence-corrected chi connectivity index (χ1v) is 11.9. The largest absolute Gasteiger partial charge is 0.461 e. The number of carbonyl (C=O) groups excluding carboxylic acids is 2. The summed E-state index contributed by atoms with van der Waals surface area (Å²) in [5.41, 5.74) is 0. The number of hydrogen-bond donors (Lipinski definition) is 0. The molecule has 0 unspecified atom stereocenters. The monoisotopic (exact) mass is 426 g/mol. The average molecular weight is 427 g/mol. The van der Waals surface area contributed by atoms with E-state index in [1.54, 1.807) is 59.9 Å². The van der Waals surface area contributed by atoms with E-state index in [1.165, 1.54) is 34.1 Å². The van der Waals surface area contributed by atoms with Crippen LogP contribution in [0.15, 0.2) is 66.3 Å². The van der Waals surface area contributed by atoms with Gasteiger partial charge >= 0.3 is 0 Å². The van der Waals surface area contributed by atoms with Gasteiger partial charge in [-0.3, -0.25) is 9.59 Å². The van der Waals surface area contributed by atoms with Gasteiger partial charge in [0.15, 0.2) is 11.5 Å². The van der Waals surface area contributed by atoms with Gasteiger partial charge in [-0.2, -0.15) is 0 Å². The molecule has 0 fully saturated rings. The summed E-state index contributed by atoms with van der Waals surface area (Å²) in [5, 5.41) is 0. The molecule has 0 aliphatic rings. The molecular weight excluding hydrogens is 408 g/mol. The Morgan fingerprint density at radius 2 is 1.27 bits per heavy atom. The van der Waals surface area contributed by atoms with Gasteiger partial charge in [-0.25, -0.2) is 0 Å². The molecule has 0 amide bonds.